The van der Waals surface area contributed by atoms with E-state index in [-0.39, 0.29) is 18.4 Å². The molecule has 0 aliphatic heterocycles. The molecule has 0 aliphatic rings. The van der Waals surface area contributed by atoms with Crippen molar-refractivity contribution in [1.82, 2.24) is 4.98 Å². The molecule has 0 spiro atoms. The Morgan fingerprint density at radius 2 is 2.18 bits per heavy atom. The number of rotatable bonds is 1. The van der Waals surface area contributed by atoms with Gasteiger partial charge in [-0.15, -0.1) is 12.4 Å². The summed E-state index contributed by atoms with van der Waals surface area (Å²) in [5.41, 5.74) is 12.6. The predicted octanol–water partition coefficient (Wildman–Crippen LogP) is 1.11. The Morgan fingerprint density at radius 3 is 2.55 bits per heavy atom. The lowest BCUT2D eigenvalue weighted by atomic mass is 10.2. The van der Waals surface area contributed by atoms with Gasteiger partial charge in [0.1, 0.15) is 0 Å². The Morgan fingerprint density at radius 1 is 1.55 bits per heavy atom. The quantitative estimate of drug-likeness (QED) is 0.669. The van der Waals surface area contributed by atoms with Crippen LogP contribution in [0.4, 0.5) is 5.69 Å². The molecule has 0 aromatic carbocycles. The molecular weight excluding hydrogens is 162 g/mol. The lowest BCUT2D eigenvalue weighted by molar-refractivity contribution is 0.782. The van der Waals surface area contributed by atoms with Crippen LogP contribution in [0.1, 0.15) is 18.7 Å². The number of nitrogens with zero attached hydrogens (tertiary/aromatic N) is 1. The van der Waals surface area contributed by atoms with Crippen LogP contribution >= 0.6 is 12.4 Å². The minimum absolute atomic E-state index is 0. The molecule has 0 amide bonds. The van der Waals surface area contributed by atoms with E-state index in [0.717, 1.165) is 5.69 Å². The molecule has 11 heavy (non-hydrogen) atoms. The standard InChI is InChI=1S/C7H11N3.ClH/c1-5(8)7-4-6(9)2-3-10-7;/h2-5H,8H2,1H3,(H2,9,10);1H/t5-;/m1./s1. The van der Waals surface area contributed by atoms with Crippen molar-refractivity contribution >= 4 is 18.1 Å². The molecule has 0 unspecified atom stereocenters. The van der Waals surface area contributed by atoms with Crippen molar-refractivity contribution in [2.45, 2.75) is 13.0 Å². The zero-order valence-corrected chi connectivity index (χ0v) is 7.14. The molecular formula is C7H12ClN3. The molecule has 1 atom stereocenters. The number of hydrogen-bond donors (Lipinski definition) is 2. The summed E-state index contributed by atoms with van der Waals surface area (Å²) < 4.78 is 0. The number of aromatic nitrogens is 1. The first kappa shape index (κ1) is 10.2. The summed E-state index contributed by atoms with van der Waals surface area (Å²) in [4.78, 5) is 4.03. The number of anilines is 1. The number of halogens is 1. The fourth-order valence-electron chi connectivity index (χ4n) is 0.715. The number of nitrogen functional groups attached to an aromatic ring is 1. The minimum Gasteiger partial charge on any atom is -0.399 e. The number of nitrogens with two attached hydrogens (primary N) is 2. The number of hydrogen-bond acceptors (Lipinski definition) is 3. The van der Waals surface area contributed by atoms with Crippen LogP contribution in [-0.4, -0.2) is 4.98 Å². The van der Waals surface area contributed by atoms with Crippen LogP contribution in [0.2, 0.25) is 0 Å². The van der Waals surface area contributed by atoms with Gasteiger partial charge in [-0.05, 0) is 19.1 Å². The van der Waals surface area contributed by atoms with Gasteiger partial charge in [-0.3, -0.25) is 4.98 Å². The Labute approximate surface area is 72.2 Å². The highest BCUT2D eigenvalue weighted by Crippen LogP contribution is 2.08. The summed E-state index contributed by atoms with van der Waals surface area (Å²) in [6.07, 6.45) is 1.66. The molecule has 1 aromatic rings. The SMILES string of the molecule is C[C@@H](N)c1cc(N)ccn1.Cl. The lowest BCUT2D eigenvalue weighted by Crippen LogP contribution is -2.07. The van der Waals surface area contributed by atoms with Crippen LogP contribution in [0.5, 0.6) is 0 Å². The van der Waals surface area contributed by atoms with Crippen molar-refractivity contribution in [2.75, 3.05) is 5.73 Å². The van der Waals surface area contributed by atoms with Gasteiger partial charge in [0.05, 0.1) is 5.69 Å². The zero-order chi connectivity index (χ0) is 7.56. The van der Waals surface area contributed by atoms with Crippen LogP contribution in [0.15, 0.2) is 18.3 Å². The predicted molar refractivity (Wildman–Crippen MR) is 48.5 cm³/mol. The van der Waals surface area contributed by atoms with Gasteiger partial charge in [0.25, 0.3) is 0 Å². The van der Waals surface area contributed by atoms with Crippen LogP contribution in [0.25, 0.3) is 0 Å². The molecule has 0 aliphatic carbocycles. The molecule has 0 saturated carbocycles. The second kappa shape index (κ2) is 4.16. The van der Waals surface area contributed by atoms with E-state index in [0.29, 0.717) is 5.69 Å². The first-order valence-corrected chi connectivity index (χ1v) is 3.17. The van der Waals surface area contributed by atoms with Crippen LogP contribution in [0.3, 0.4) is 0 Å². The third kappa shape index (κ3) is 2.74. The number of pyridine rings is 1. The normalized spacial score (nSPS) is 11.8. The van der Waals surface area contributed by atoms with Crippen LogP contribution in [-0.2, 0) is 0 Å². The fraction of sp³-hybridized carbons (Fsp3) is 0.286. The van der Waals surface area contributed by atoms with E-state index in [2.05, 4.69) is 4.98 Å². The highest BCUT2D eigenvalue weighted by Gasteiger charge is 1.98. The minimum atomic E-state index is -0.0384. The third-order valence-corrected chi connectivity index (χ3v) is 1.27. The van der Waals surface area contributed by atoms with E-state index in [1.807, 2.05) is 6.92 Å². The first-order chi connectivity index (χ1) is 4.70. The lowest BCUT2D eigenvalue weighted by Gasteiger charge is -2.03. The second-order valence-corrected chi connectivity index (χ2v) is 2.30. The highest BCUT2D eigenvalue weighted by atomic mass is 35.5. The fourth-order valence-corrected chi connectivity index (χ4v) is 0.715. The summed E-state index contributed by atoms with van der Waals surface area (Å²) >= 11 is 0. The van der Waals surface area contributed by atoms with Gasteiger partial charge in [-0.2, -0.15) is 0 Å². The molecule has 4 heteroatoms. The van der Waals surface area contributed by atoms with E-state index in [9.17, 15) is 0 Å². The van der Waals surface area contributed by atoms with E-state index < -0.39 is 0 Å². The summed E-state index contributed by atoms with van der Waals surface area (Å²) in [5.74, 6) is 0. The van der Waals surface area contributed by atoms with Crippen LogP contribution < -0.4 is 11.5 Å². The summed E-state index contributed by atoms with van der Waals surface area (Å²) in [6.45, 7) is 1.88. The molecule has 3 nitrogen and oxygen atoms in total. The first-order valence-electron chi connectivity index (χ1n) is 3.17. The van der Waals surface area contributed by atoms with Gasteiger partial charge in [0, 0.05) is 17.9 Å². The Kier molecular flexibility index (Phi) is 3.85. The Bertz CT molecular complexity index is 225. The monoisotopic (exact) mass is 173 g/mol. The second-order valence-electron chi connectivity index (χ2n) is 2.30. The topological polar surface area (TPSA) is 64.9 Å². The van der Waals surface area contributed by atoms with Crippen molar-refractivity contribution in [3.63, 3.8) is 0 Å². The molecule has 1 aromatic heterocycles. The van der Waals surface area contributed by atoms with Gasteiger partial charge in [-0.1, -0.05) is 0 Å². The molecule has 0 fully saturated rings. The molecule has 1 rings (SSSR count). The van der Waals surface area contributed by atoms with Gasteiger partial charge >= 0.3 is 0 Å². The maximum atomic E-state index is 5.56. The maximum absolute atomic E-state index is 5.56. The Hall–Kier alpha value is -0.800. The van der Waals surface area contributed by atoms with Gasteiger partial charge < -0.3 is 11.5 Å². The van der Waals surface area contributed by atoms with Crippen molar-refractivity contribution < 1.29 is 0 Å². The highest BCUT2D eigenvalue weighted by molar-refractivity contribution is 5.85. The molecule has 4 N–H and O–H groups in total. The Balaban J connectivity index is 0.000001000. The average molecular weight is 174 g/mol. The van der Waals surface area contributed by atoms with E-state index in [1.54, 1.807) is 18.3 Å². The summed E-state index contributed by atoms with van der Waals surface area (Å²) in [7, 11) is 0. The molecule has 62 valence electrons. The summed E-state index contributed by atoms with van der Waals surface area (Å²) in [5, 5.41) is 0. The largest absolute Gasteiger partial charge is 0.399 e. The van der Waals surface area contributed by atoms with Crippen molar-refractivity contribution in [2.24, 2.45) is 5.73 Å². The molecule has 0 bridgehead atoms. The van der Waals surface area contributed by atoms with E-state index in [4.69, 9.17) is 11.5 Å². The summed E-state index contributed by atoms with van der Waals surface area (Å²) in [6, 6.07) is 3.49. The van der Waals surface area contributed by atoms with E-state index >= 15 is 0 Å². The zero-order valence-electron chi connectivity index (χ0n) is 6.32. The molecule has 0 saturated heterocycles. The van der Waals surface area contributed by atoms with Crippen LogP contribution in [0, 0.1) is 0 Å². The molecule has 1 heterocycles. The average Bonchev–Trinajstić information content (AvgIpc) is 1.88. The third-order valence-electron chi connectivity index (χ3n) is 1.27. The van der Waals surface area contributed by atoms with Crippen molar-refractivity contribution in [3.8, 4) is 0 Å². The van der Waals surface area contributed by atoms with Gasteiger partial charge in [0.15, 0.2) is 0 Å². The van der Waals surface area contributed by atoms with Crippen molar-refractivity contribution in [1.29, 1.82) is 0 Å². The smallest absolute Gasteiger partial charge is 0.0588 e. The molecule has 0 radical (unpaired) electrons. The van der Waals surface area contributed by atoms with E-state index in [1.165, 1.54) is 0 Å². The maximum Gasteiger partial charge on any atom is 0.0588 e. The van der Waals surface area contributed by atoms with Gasteiger partial charge in [-0.25, -0.2) is 0 Å². The van der Waals surface area contributed by atoms with Gasteiger partial charge in [0.2, 0.25) is 0 Å². The van der Waals surface area contributed by atoms with Crippen molar-refractivity contribution in [3.05, 3.63) is 24.0 Å².